The van der Waals surface area contributed by atoms with Crippen molar-refractivity contribution in [1.29, 1.82) is 0 Å². The highest BCUT2D eigenvalue weighted by Gasteiger charge is 2.80. The summed E-state index contributed by atoms with van der Waals surface area (Å²) in [6.45, 7) is 2.77. The quantitative estimate of drug-likeness (QED) is 0.0663. The highest BCUT2D eigenvalue weighted by Crippen LogP contribution is 2.72. The third-order valence-electron chi connectivity index (χ3n) is 22.1. The zero-order valence-corrected chi connectivity index (χ0v) is 62.7. The number of rotatable bonds is 11. The molecular weight excluding hydrogens is 1520 g/mol. The lowest BCUT2D eigenvalue weighted by Crippen LogP contribution is -2.52. The van der Waals surface area contributed by atoms with Crippen LogP contribution < -0.4 is 14.2 Å². The minimum atomic E-state index is -4.58. The van der Waals surface area contributed by atoms with Crippen molar-refractivity contribution in [2.45, 2.75) is 101 Å². The van der Waals surface area contributed by atoms with Gasteiger partial charge in [0.25, 0.3) is 0 Å². The smallest absolute Gasteiger partial charge is 0.416 e. The fourth-order valence-corrected chi connectivity index (χ4v) is 18.2. The van der Waals surface area contributed by atoms with E-state index in [1.165, 1.54) is 105 Å². The molecule has 15 atom stereocenters. The number of alkyl halides is 9. The molecule has 7 heterocycles. The summed E-state index contributed by atoms with van der Waals surface area (Å²) in [5, 5.41) is 72.9. The monoisotopic (exact) mass is 1600 g/mol. The molecule has 0 unspecified atom stereocenters. The van der Waals surface area contributed by atoms with Gasteiger partial charge in [0.1, 0.15) is 40.4 Å². The Morgan fingerprint density at radius 1 is 0.432 bits per heavy atom. The molecular formula is C82H78Cl3F9N6O11. The first-order valence-corrected chi connectivity index (χ1v) is 36.6. The molecule has 0 radical (unpaired) electrons. The molecule has 4 aliphatic heterocycles. The first-order valence-electron chi connectivity index (χ1n) is 35.5. The molecule has 29 heteroatoms. The van der Waals surface area contributed by atoms with E-state index in [0.29, 0.717) is 29.8 Å². The fraction of sp³-hybridized carbons (Fsp3) is 0.366. The van der Waals surface area contributed by atoms with E-state index in [9.17, 15) is 74.9 Å². The standard InChI is InChI=1S/C26H22ClF3N2O4.2C26H24ClF3N2O3.C4H8O/c1-32(2)23(34)19-20(14-6-4-3-5-7-14)25(15-8-10-16(11-9-15)26(28,29)30)24(35,22(19)33)21-18(36-25)12-17(27)13-31-21;2*1-32(2)14-19-21(15-6-4-3-5-7-15)25(16-8-10-17(11-9-16)26(28,29)30)24(34,23(19)33)22-20(35-25)12-18(27)13-31-22;1-2-4-5-3-1/h3-13,19-20,22,33,35H,1-2H3;2*3-13,19,21,23,33-34H,14H2,1-2H3;1-4H2/t19-,20-,22-,24+,25+;2*19-,21-,23-,24+,25+;/m111./s1. The van der Waals surface area contributed by atoms with Crippen molar-refractivity contribution in [2.24, 2.45) is 17.8 Å². The molecule has 4 fully saturated rings. The van der Waals surface area contributed by atoms with Gasteiger partial charge in [0.15, 0.2) is 33.6 Å². The van der Waals surface area contributed by atoms with Crippen LogP contribution in [0.5, 0.6) is 17.2 Å². The van der Waals surface area contributed by atoms with E-state index in [1.807, 2.05) is 98.7 Å². The number of carbonyl (C=O) groups is 1. The highest BCUT2D eigenvalue weighted by molar-refractivity contribution is 6.31. The average molecular weight is 1600 g/mol. The summed E-state index contributed by atoms with van der Waals surface area (Å²) in [6.07, 6.45) is -11.5. The van der Waals surface area contributed by atoms with Gasteiger partial charge in [-0.3, -0.25) is 19.7 Å². The maximum atomic E-state index is 13.4. The number of hydrogen-bond donors (Lipinski definition) is 6. The van der Waals surface area contributed by atoms with Crippen molar-refractivity contribution in [1.82, 2.24) is 29.7 Å². The normalized spacial score (nSPS) is 29.2. The Hall–Kier alpha value is -8.48. The van der Waals surface area contributed by atoms with Gasteiger partial charge in [-0.25, -0.2) is 0 Å². The molecule has 586 valence electrons. The molecule has 9 aromatic rings. The van der Waals surface area contributed by atoms with Crippen molar-refractivity contribution in [3.05, 3.63) is 283 Å². The number of halogens is 12. The summed E-state index contributed by atoms with van der Waals surface area (Å²) in [7, 11) is 10.4. The maximum absolute atomic E-state index is 13.4. The Bertz CT molecular complexity index is 4630. The summed E-state index contributed by atoms with van der Waals surface area (Å²) in [6, 6.07) is 44.8. The summed E-state index contributed by atoms with van der Waals surface area (Å²) in [5.41, 5.74) is -11.1. The van der Waals surface area contributed by atoms with Crippen molar-refractivity contribution in [2.75, 3.05) is 68.6 Å². The second-order valence-corrected chi connectivity index (χ2v) is 30.8. The molecule has 1 saturated heterocycles. The number of fused-ring (bicyclic) bond motifs is 9. The van der Waals surface area contributed by atoms with E-state index < -0.39 is 129 Å². The fourth-order valence-electron chi connectivity index (χ4n) is 17.7. The lowest BCUT2D eigenvalue weighted by molar-refractivity contribution is -0.157. The van der Waals surface area contributed by atoms with Gasteiger partial charge >= 0.3 is 18.5 Å². The number of benzene rings is 6. The number of pyridine rings is 3. The van der Waals surface area contributed by atoms with Gasteiger partial charge in [0.05, 0.1) is 49.9 Å². The largest absolute Gasteiger partial charge is 0.476 e. The first kappa shape index (κ1) is 80.6. The van der Waals surface area contributed by atoms with Crippen molar-refractivity contribution < 1.29 is 93.9 Å². The molecule has 6 aromatic carbocycles. The van der Waals surface area contributed by atoms with Crippen LogP contribution in [0.25, 0.3) is 0 Å². The Kier molecular flexibility index (Phi) is 21.9. The third kappa shape index (κ3) is 13.4. The van der Waals surface area contributed by atoms with Crippen LogP contribution in [0.2, 0.25) is 15.1 Å². The van der Waals surface area contributed by atoms with Crippen LogP contribution >= 0.6 is 34.8 Å². The molecule has 17 nitrogen and oxygen atoms in total. The van der Waals surface area contributed by atoms with Gasteiger partial charge in [0, 0.05) is 107 Å². The second kappa shape index (κ2) is 30.1. The first-order chi connectivity index (χ1) is 52.4. The van der Waals surface area contributed by atoms with Gasteiger partial charge in [-0.1, -0.05) is 162 Å². The Labute approximate surface area is 648 Å². The zero-order chi connectivity index (χ0) is 79.9. The lowest BCUT2D eigenvalue weighted by atomic mass is 9.71. The molecule has 3 aliphatic carbocycles. The van der Waals surface area contributed by atoms with Gasteiger partial charge in [-0.05, 0) is 111 Å². The summed E-state index contributed by atoms with van der Waals surface area (Å²) in [4.78, 5) is 31.4. The molecule has 0 spiro atoms. The molecule has 1 amide bonds. The van der Waals surface area contributed by atoms with E-state index in [-0.39, 0.29) is 55.0 Å². The Morgan fingerprint density at radius 2 is 0.712 bits per heavy atom. The van der Waals surface area contributed by atoms with Gasteiger partial charge in [-0.2, -0.15) is 39.5 Å². The molecule has 6 N–H and O–H groups in total. The van der Waals surface area contributed by atoms with E-state index in [0.717, 1.165) is 60.7 Å². The lowest BCUT2D eigenvalue weighted by Gasteiger charge is -2.40. The predicted octanol–water partition coefficient (Wildman–Crippen LogP) is 14.0. The van der Waals surface area contributed by atoms with Crippen LogP contribution in [-0.2, 0) is 61.7 Å². The predicted molar refractivity (Wildman–Crippen MR) is 393 cm³/mol. The molecule has 3 aromatic heterocycles. The van der Waals surface area contributed by atoms with Crippen LogP contribution in [0.3, 0.4) is 0 Å². The number of nitrogens with zero attached hydrogens (tertiary/aromatic N) is 6. The topological polar surface area (TPSA) is 224 Å². The molecule has 3 saturated carbocycles. The minimum Gasteiger partial charge on any atom is -0.476 e. The van der Waals surface area contributed by atoms with Gasteiger partial charge in [0.2, 0.25) is 5.91 Å². The van der Waals surface area contributed by atoms with E-state index in [2.05, 4.69) is 15.0 Å². The molecule has 111 heavy (non-hydrogen) atoms. The number of aliphatic hydroxyl groups excluding tert-OH is 3. The van der Waals surface area contributed by atoms with Gasteiger partial charge < -0.3 is 64.3 Å². The molecule has 16 rings (SSSR count). The third-order valence-corrected chi connectivity index (χ3v) is 22.7. The van der Waals surface area contributed by atoms with Crippen LogP contribution in [0.4, 0.5) is 39.5 Å². The number of aliphatic hydroxyl groups is 6. The number of ether oxygens (including phenoxy) is 4. The van der Waals surface area contributed by atoms with E-state index >= 15 is 0 Å². The molecule has 0 bridgehead atoms. The number of carbonyl (C=O) groups excluding carboxylic acids is 1. The van der Waals surface area contributed by atoms with Crippen molar-refractivity contribution in [3.8, 4) is 17.2 Å². The number of hydrogen-bond acceptors (Lipinski definition) is 16. The number of aromatic nitrogens is 3. The second-order valence-electron chi connectivity index (χ2n) is 29.5. The van der Waals surface area contributed by atoms with E-state index in [4.69, 9.17) is 53.8 Å². The molecule has 7 aliphatic rings. The van der Waals surface area contributed by atoms with Crippen LogP contribution in [0.15, 0.2) is 201 Å². The Morgan fingerprint density at radius 3 is 0.973 bits per heavy atom. The Balaban J connectivity index is 0.000000141. The van der Waals surface area contributed by atoms with E-state index in [1.54, 1.807) is 30.3 Å². The number of amides is 1. The van der Waals surface area contributed by atoms with Crippen LogP contribution in [0, 0.1) is 17.8 Å². The zero-order valence-electron chi connectivity index (χ0n) is 60.4. The maximum Gasteiger partial charge on any atom is 0.416 e. The van der Waals surface area contributed by atoms with Gasteiger partial charge in [-0.15, -0.1) is 0 Å². The summed E-state index contributed by atoms with van der Waals surface area (Å²) < 4.78 is 145. The SMILES string of the molecule is C1CCOC1.CN(C)C(=O)[C@H]1[C@@H](O)[C@@]2(O)c3ncc(Cl)cc3O[C@@]2(c2ccc(C(F)(F)F)cc2)[C@@H]1c1ccccc1.CN(C)C[C@H]1[C@@H](O)[C@@]2(O)c3ncc(Cl)cc3O[C@@]2(c2ccc(C(F)(F)F)cc2)[C@@H]1c1ccccc1.CN(C)C[C@H]1[C@@H](O)[C@@]2(O)c3ncc(Cl)cc3O[C@@]2(c2ccc(C(F)(F)F)cc2)[C@@H]1c1ccccc1. The minimum absolute atomic E-state index is 0.0470. The van der Waals surface area contributed by atoms with Crippen LogP contribution in [0.1, 0.15) is 97.7 Å². The van der Waals surface area contributed by atoms with Crippen molar-refractivity contribution >= 4 is 40.7 Å². The summed E-state index contributed by atoms with van der Waals surface area (Å²) >= 11 is 18.4. The van der Waals surface area contributed by atoms with Crippen LogP contribution in [-0.4, -0.2) is 153 Å². The highest BCUT2D eigenvalue weighted by atomic mass is 35.5. The van der Waals surface area contributed by atoms with Crippen molar-refractivity contribution in [3.63, 3.8) is 0 Å². The average Bonchev–Trinajstić information content (AvgIpc) is 1.51. The summed E-state index contributed by atoms with van der Waals surface area (Å²) in [5.74, 6) is -4.59.